The van der Waals surface area contributed by atoms with Gasteiger partial charge in [-0.3, -0.25) is 4.79 Å². The van der Waals surface area contributed by atoms with Crippen LogP contribution in [0, 0.1) is 6.92 Å². The van der Waals surface area contributed by atoms with E-state index < -0.39 is 0 Å². The van der Waals surface area contributed by atoms with Crippen molar-refractivity contribution in [1.82, 2.24) is 4.90 Å². The van der Waals surface area contributed by atoms with Crippen molar-refractivity contribution in [3.05, 3.63) is 51.2 Å². The highest BCUT2D eigenvalue weighted by molar-refractivity contribution is 7.10. The molecule has 0 spiro atoms. The zero-order valence-electron chi connectivity index (χ0n) is 13.8. The summed E-state index contributed by atoms with van der Waals surface area (Å²) in [6.07, 6.45) is 3.44. The summed E-state index contributed by atoms with van der Waals surface area (Å²) in [5.41, 5.74) is 1.02. The first-order chi connectivity index (χ1) is 11.6. The first-order valence-electron chi connectivity index (χ1n) is 8.37. The van der Waals surface area contributed by atoms with Crippen molar-refractivity contribution >= 4 is 28.8 Å². The minimum absolute atomic E-state index is 0.238. The van der Waals surface area contributed by atoms with Crippen LogP contribution in [0.1, 0.15) is 42.2 Å². The molecule has 1 unspecified atom stereocenters. The van der Waals surface area contributed by atoms with Gasteiger partial charge < -0.3 is 9.64 Å². The summed E-state index contributed by atoms with van der Waals surface area (Å²) in [6, 6.07) is 10.1. The van der Waals surface area contributed by atoms with E-state index in [9.17, 15) is 4.79 Å². The number of amides is 1. The molecule has 5 heteroatoms. The van der Waals surface area contributed by atoms with E-state index in [1.807, 2.05) is 30.0 Å². The van der Waals surface area contributed by atoms with Gasteiger partial charge in [0.15, 0.2) is 0 Å². The third kappa shape index (κ3) is 4.11. The van der Waals surface area contributed by atoms with Crippen LogP contribution < -0.4 is 4.74 Å². The Hall–Kier alpha value is -1.52. The molecule has 0 N–H and O–H groups in total. The Balaban J connectivity index is 1.47. The molecule has 1 aromatic carbocycles. The summed E-state index contributed by atoms with van der Waals surface area (Å²) in [5.74, 6) is 1.08. The number of benzene rings is 1. The molecule has 0 bridgehead atoms. The van der Waals surface area contributed by atoms with E-state index in [2.05, 4.69) is 17.5 Å². The van der Waals surface area contributed by atoms with E-state index in [0.29, 0.717) is 18.1 Å². The molecule has 1 aromatic heterocycles. The minimum Gasteiger partial charge on any atom is -0.493 e. The predicted octanol–water partition coefficient (Wildman–Crippen LogP) is 5.23. The van der Waals surface area contributed by atoms with Gasteiger partial charge in [-0.15, -0.1) is 11.3 Å². The normalized spacial score (nSPS) is 17.2. The number of ether oxygens (including phenoxy) is 1. The van der Waals surface area contributed by atoms with Crippen LogP contribution in [0.2, 0.25) is 5.02 Å². The van der Waals surface area contributed by atoms with Gasteiger partial charge in [0, 0.05) is 22.9 Å². The number of halogens is 1. The number of hydrogen-bond acceptors (Lipinski definition) is 3. The molecular formula is C19H22ClNO2S. The summed E-state index contributed by atoms with van der Waals surface area (Å²) in [7, 11) is 0. The van der Waals surface area contributed by atoms with E-state index in [-0.39, 0.29) is 11.9 Å². The quantitative estimate of drug-likeness (QED) is 0.657. The first kappa shape index (κ1) is 17.3. The maximum atomic E-state index is 12.5. The van der Waals surface area contributed by atoms with Crippen LogP contribution in [-0.2, 0) is 4.79 Å². The van der Waals surface area contributed by atoms with Gasteiger partial charge in [0.1, 0.15) is 5.75 Å². The fourth-order valence-corrected chi connectivity index (χ4v) is 4.27. The summed E-state index contributed by atoms with van der Waals surface area (Å²) < 4.78 is 5.78. The van der Waals surface area contributed by atoms with E-state index in [0.717, 1.165) is 37.1 Å². The van der Waals surface area contributed by atoms with Crippen LogP contribution in [0.3, 0.4) is 0 Å². The van der Waals surface area contributed by atoms with E-state index in [4.69, 9.17) is 16.3 Å². The predicted molar refractivity (Wildman–Crippen MR) is 98.9 cm³/mol. The second kappa shape index (κ2) is 8.04. The Bertz CT molecular complexity index is 687. The van der Waals surface area contributed by atoms with Gasteiger partial charge in [0.2, 0.25) is 5.91 Å². The smallest absolute Gasteiger partial charge is 0.223 e. The van der Waals surface area contributed by atoms with E-state index >= 15 is 0 Å². The largest absolute Gasteiger partial charge is 0.493 e. The number of nitrogens with zero attached hydrogens (tertiary/aromatic N) is 1. The minimum atomic E-state index is 0.238. The van der Waals surface area contributed by atoms with Crippen LogP contribution in [0.5, 0.6) is 5.75 Å². The molecule has 128 valence electrons. The lowest BCUT2D eigenvalue weighted by Gasteiger charge is -2.24. The average Bonchev–Trinajstić information content (AvgIpc) is 3.23. The maximum absolute atomic E-state index is 12.5. The van der Waals surface area contributed by atoms with Crippen molar-refractivity contribution in [3.63, 3.8) is 0 Å². The Kier molecular flexibility index (Phi) is 5.80. The van der Waals surface area contributed by atoms with Gasteiger partial charge >= 0.3 is 0 Å². The van der Waals surface area contributed by atoms with Crippen LogP contribution >= 0.6 is 22.9 Å². The number of carbonyl (C=O) groups is 1. The molecule has 3 nitrogen and oxygen atoms in total. The van der Waals surface area contributed by atoms with Crippen LogP contribution in [0.4, 0.5) is 0 Å². The molecule has 1 aliphatic rings. The Labute approximate surface area is 152 Å². The Morgan fingerprint density at radius 3 is 3.04 bits per heavy atom. The van der Waals surface area contributed by atoms with Crippen molar-refractivity contribution in [2.45, 2.75) is 38.6 Å². The molecule has 1 amide bonds. The summed E-state index contributed by atoms with van der Waals surface area (Å²) >= 11 is 7.68. The maximum Gasteiger partial charge on any atom is 0.223 e. The fraction of sp³-hybridized carbons (Fsp3) is 0.421. The summed E-state index contributed by atoms with van der Waals surface area (Å²) in [4.78, 5) is 15.9. The zero-order chi connectivity index (χ0) is 16.9. The van der Waals surface area contributed by atoms with Crippen LogP contribution in [0.15, 0.2) is 35.7 Å². The lowest BCUT2D eigenvalue weighted by Crippen LogP contribution is -2.30. The lowest BCUT2D eigenvalue weighted by atomic mass is 10.1. The van der Waals surface area contributed by atoms with Gasteiger partial charge in [0.25, 0.3) is 0 Å². The monoisotopic (exact) mass is 363 g/mol. The molecule has 0 saturated carbocycles. The van der Waals surface area contributed by atoms with Gasteiger partial charge in [-0.2, -0.15) is 0 Å². The summed E-state index contributed by atoms with van der Waals surface area (Å²) in [5, 5.41) is 2.79. The Morgan fingerprint density at radius 1 is 1.42 bits per heavy atom. The van der Waals surface area contributed by atoms with Crippen molar-refractivity contribution < 1.29 is 9.53 Å². The number of hydrogen-bond donors (Lipinski definition) is 0. The second-order valence-electron chi connectivity index (χ2n) is 6.12. The molecule has 1 atom stereocenters. The average molecular weight is 364 g/mol. The third-order valence-electron chi connectivity index (χ3n) is 4.37. The van der Waals surface area contributed by atoms with E-state index in [1.165, 1.54) is 4.88 Å². The van der Waals surface area contributed by atoms with Gasteiger partial charge in [-0.25, -0.2) is 0 Å². The van der Waals surface area contributed by atoms with Crippen LogP contribution in [0.25, 0.3) is 0 Å². The van der Waals surface area contributed by atoms with Crippen molar-refractivity contribution in [3.8, 4) is 5.75 Å². The third-order valence-corrected chi connectivity index (χ3v) is 5.58. The second-order valence-corrected chi connectivity index (χ2v) is 7.54. The summed E-state index contributed by atoms with van der Waals surface area (Å²) in [6.45, 7) is 3.40. The van der Waals surface area contributed by atoms with Gasteiger partial charge in [-0.05, 0) is 61.4 Å². The number of aryl methyl sites for hydroxylation is 1. The van der Waals surface area contributed by atoms with Gasteiger partial charge in [0.05, 0.1) is 12.6 Å². The molecule has 1 aliphatic heterocycles. The molecule has 2 aromatic rings. The first-order valence-corrected chi connectivity index (χ1v) is 9.63. The molecular weight excluding hydrogens is 342 g/mol. The zero-order valence-corrected chi connectivity index (χ0v) is 15.4. The molecule has 2 heterocycles. The molecule has 1 fully saturated rings. The molecule has 0 radical (unpaired) electrons. The van der Waals surface area contributed by atoms with Crippen molar-refractivity contribution in [2.75, 3.05) is 13.2 Å². The lowest BCUT2D eigenvalue weighted by molar-refractivity contribution is -0.132. The highest BCUT2D eigenvalue weighted by atomic mass is 35.5. The number of thiophene rings is 1. The molecule has 24 heavy (non-hydrogen) atoms. The topological polar surface area (TPSA) is 29.5 Å². The van der Waals surface area contributed by atoms with Crippen molar-refractivity contribution in [2.24, 2.45) is 0 Å². The van der Waals surface area contributed by atoms with Crippen LogP contribution in [-0.4, -0.2) is 24.0 Å². The van der Waals surface area contributed by atoms with E-state index in [1.54, 1.807) is 11.3 Å². The highest BCUT2D eigenvalue weighted by Crippen LogP contribution is 2.34. The molecule has 0 aliphatic carbocycles. The standard InChI is InChI=1S/C19H22ClNO2S/c1-14-13-15(20)8-9-17(14)23-11-3-7-19(22)21-10-2-5-16(21)18-6-4-12-24-18/h4,6,8-9,12-13,16H,2-3,5,7,10-11H2,1H3. The highest BCUT2D eigenvalue weighted by Gasteiger charge is 2.29. The number of carbonyl (C=O) groups excluding carboxylic acids is 1. The molecule has 1 saturated heterocycles. The fourth-order valence-electron chi connectivity index (χ4n) is 3.17. The van der Waals surface area contributed by atoms with Gasteiger partial charge in [-0.1, -0.05) is 17.7 Å². The number of likely N-dealkylation sites (tertiary alicyclic amines) is 1. The van der Waals surface area contributed by atoms with Crippen molar-refractivity contribution in [1.29, 1.82) is 0 Å². The molecule has 3 rings (SSSR count). The SMILES string of the molecule is Cc1cc(Cl)ccc1OCCCC(=O)N1CCCC1c1cccs1. The Morgan fingerprint density at radius 2 is 2.29 bits per heavy atom. The number of rotatable bonds is 6.